The van der Waals surface area contributed by atoms with Gasteiger partial charge in [0.2, 0.25) is 0 Å². The van der Waals surface area contributed by atoms with Crippen molar-refractivity contribution < 1.29 is 4.79 Å². The summed E-state index contributed by atoms with van der Waals surface area (Å²) >= 11 is 0. The van der Waals surface area contributed by atoms with E-state index in [1.54, 1.807) is 0 Å². The van der Waals surface area contributed by atoms with Crippen LogP contribution in [0.2, 0.25) is 0 Å². The number of piperidine rings is 1. The summed E-state index contributed by atoms with van der Waals surface area (Å²) in [6, 6.07) is 9.65. The Morgan fingerprint density at radius 2 is 1.70 bits per heavy atom. The third kappa shape index (κ3) is 3.69. The summed E-state index contributed by atoms with van der Waals surface area (Å²) < 4.78 is 0. The number of benzene rings is 1. The maximum absolute atomic E-state index is 12.1. The van der Waals surface area contributed by atoms with Crippen molar-refractivity contribution in [3.05, 3.63) is 35.9 Å². The standard InChI is InChI=1S/C18H27NO/c1-3-18(4-2)11-14-19(15-12-18)13-10-17(20)16-8-6-5-7-9-16/h5-9H,3-4,10-15H2,1-2H3. The molecule has 2 nitrogen and oxygen atoms in total. The molecule has 0 unspecified atom stereocenters. The number of rotatable bonds is 6. The minimum absolute atomic E-state index is 0.272. The van der Waals surface area contributed by atoms with Gasteiger partial charge in [0.05, 0.1) is 0 Å². The highest BCUT2D eigenvalue weighted by atomic mass is 16.1. The normalized spacial score (nSPS) is 18.9. The molecule has 2 rings (SSSR count). The molecule has 110 valence electrons. The number of nitrogens with zero attached hydrogens (tertiary/aromatic N) is 1. The lowest BCUT2D eigenvalue weighted by Crippen LogP contribution is -2.40. The van der Waals surface area contributed by atoms with Gasteiger partial charge in [0, 0.05) is 18.5 Å². The summed E-state index contributed by atoms with van der Waals surface area (Å²) in [5.74, 6) is 0.272. The molecule has 1 aliphatic heterocycles. The maximum atomic E-state index is 12.1. The summed E-state index contributed by atoms with van der Waals surface area (Å²) in [4.78, 5) is 14.6. The van der Waals surface area contributed by atoms with E-state index in [1.165, 1.54) is 25.7 Å². The molecule has 2 heteroatoms. The van der Waals surface area contributed by atoms with Crippen LogP contribution in [0, 0.1) is 5.41 Å². The predicted octanol–water partition coefficient (Wildman–Crippen LogP) is 4.16. The summed E-state index contributed by atoms with van der Waals surface area (Å²) in [5, 5.41) is 0. The minimum atomic E-state index is 0.272. The summed E-state index contributed by atoms with van der Waals surface area (Å²) in [6.07, 6.45) is 5.81. The van der Waals surface area contributed by atoms with E-state index < -0.39 is 0 Å². The van der Waals surface area contributed by atoms with Crippen LogP contribution in [0.4, 0.5) is 0 Å². The summed E-state index contributed by atoms with van der Waals surface area (Å²) in [6.45, 7) is 7.86. The second-order valence-corrected chi connectivity index (χ2v) is 6.09. The Labute approximate surface area is 123 Å². The molecule has 1 fully saturated rings. The van der Waals surface area contributed by atoms with E-state index in [4.69, 9.17) is 0 Å². The van der Waals surface area contributed by atoms with Crippen molar-refractivity contribution in [1.82, 2.24) is 4.90 Å². The molecule has 0 atom stereocenters. The maximum Gasteiger partial charge on any atom is 0.164 e. The molecule has 0 bridgehead atoms. The third-order valence-electron chi connectivity index (χ3n) is 5.17. The van der Waals surface area contributed by atoms with E-state index in [2.05, 4.69) is 18.7 Å². The molecule has 0 aromatic heterocycles. The van der Waals surface area contributed by atoms with Gasteiger partial charge in [-0.3, -0.25) is 4.79 Å². The van der Waals surface area contributed by atoms with Crippen LogP contribution in [-0.4, -0.2) is 30.3 Å². The zero-order valence-corrected chi connectivity index (χ0v) is 12.9. The fourth-order valence-electron chi connectivity index (χ4n) is 3.24. The summed E-state index contributed by atoms with van der Waals surface area (Å²) in [5.41, 5.74) is 1.42. The Kier molecular flexibility index (Phi) is 5.36. The number of Topliss-reactive ketones (excluding diaryl/α,β-unsaturated/α-hetero) is 1. The van der Waals surface area contributed by atoms with Crippen molar-refractivity contribution in [3.8, 4) is 0 Å². The molecule has 1 aromatic carbocycles. The second-order valence-electron chi connectivity index (χ2n) is 6.09. The van der Waals surface area contributed by atoms with E-state index in [0.29, 0.717) is 11.8 Å². The van der Waals surface area contributed by atoms with Crippen LogP contribution in [-0.2, 0) is 0 Å². The van der Waals surface area contributed by atoms with Crippen LogP contribution in [0.1, 0.15) is 56.3 Å². The first-order valence-electron chi connectivity index (χ1n) is 8.00. The number of carbonyl (C=O) groups excluding carboxylic acids is 1. The Balaban J connectivity index is 1.78. The Morgan fingerprint density at radius 1 is 1.10 bits per heavy atom. The molecular formula is C18H27NO. The molecule has 0 radical (unpaired) electrons. The lowest BCUT2D eigenvalue weighted by Gasteiger charge is -2.41. The van der Waals surface area contributed by atoms with Gasteiger partial charge in [-0.1, -0.05) is 57.0 Å². The zero-order chi connectivity index (χ0) is 14.4. The highest BCUT2D eigenvalue weighted by Crippen LogP contribution is 2.37. The molecular weight excluding hydrogens is 246 g/mol. The van der Waals surface area contributed by atoms with Crippen molar-refractivity contribution in [3.63, 3.8) is 0 Å². The molecule has 0 saturated carbocycles. The van der Waals surface area contributed by atoms with E-state index in [1.807, 2.05) is 30.3 Å². The fourth-order valence-corrected chi connectivity index (χ4v) is 3.24. The minimum Gasteiger partial charge on any atom is -0.303 e. The molecule has 0 amide bonds. The highest BCUT2D eigenvalue weighted by molar-refractivity contribution is 5.96. The van der Waals surface area contributed by atoms with E-state index in [0.717, 1.165) is 25.2 Å². The SMILES string of the molecule is CCC1(CC)CCN(CCC(=O)c2ccccc2)CC1. The van der Waals surface area contributed by atoms with E-state index in [-0.39, 0.29) is 5.78 Å². The fraction of sp³-hybridized carbons (Fsp3) is 0.611. The molecule has 0 N–H and O–H groups in total. The zero-order valence-electron chi connectivity index (χ0n) is 12.9. The number of hydrogen-bond donors (Lipinski definition) is 0. The molecule has 0 aliphatic carbocycles. The van der Waals surface area contributed by atoms with Gasteiger partial charge < -0.3 is 4.90 Å². The predicted molar refractivity (Wildman–Crippen MR) is 84.1 cm³/mol. The average molecular weight is 273 g/mol. The lowest BCUT2D eigenvalue weighted by molar-refractivity contribution is 0.0841. The average Bonchev–Trinajstić information content (AvgIpc) is 2.54. The largest absolute Gasteiger partial charge is 0.303 e. The van der Waals surface area contributed by atoms with Gasteiger partial charge in [-0.15, -0.1) is 0 Å². The van der Waals surface area contributed by atoms with Crippen molar-refractivity contribution in [2.24, 2.45) is 5.41 Å². The van der Waals surface area contributed by atoms with Crippen LogP contribution in [0.15, 0.2) is 30.3 Å². The van der Waals surface area contributed by atoms with Gasteiger partial charge >= 0.3 is 0 Å². The number of hydrogen-bond acceptors (Lipinski definition) is 2. The van der Waals surface area contributed by atoms with Gasteiger partial charge in [0.25, 0.3) is 0 Å². The number of ketones is 1. The summed E-state index contributed by atoms with van der Waals surface area (Å²) in [7, 11) is 0. The van der Waals surface area contributed by atoms with Gasteiger partial charge in [-0.2, -0.15) is 0 Å². The van der Waals surface area contributed by atoms with E-state index in [9.17, 15) is 4.79 Å². The Morgan fingerprint density at radius 3 is 2.25 bits per heavy atom. The molecule has 0 spiro atoms. The van der Waals surface area contributed by atoms with Crippen LogP contribution >= 0.6 is 0 Å². The number of likely N-dealkylation sites (tertiary alicyclic amines) is 1. The van der Waals surface area contributed by atoms with Gasteiger partial charge in [-0.05, 0) is 31.3 Å². The quantitative estimate of drug-likeness (QED) is 0.725. The van der Waals surface area contributed by atoms with Crippen LogP contribution in [0.25, 0.3) is 0 Å². The van der Waals surface area contributed by atoms with Gasteiger partial charge in [-0.25, -0.2) is 0 Å². The van der Waals surface area contributed by atoms with Crippen molar-refractivity contribution in [2.45, 2.75) is 46.0 Å². The first-order chi connectivity index (χ1) is 9.69. The molecule has 1 saturated heterocycles. The second kappa shape index (κ2) is 7.03. The van der Waals surface area contributed by atoms with E-state index >= 15 is 0 Å². The topological polar surface area (TPSA) is 20.3 Å². The first-order valence-corrected chi connectivity index (χ1v) is 8.00. The van der Waals surface area contributed by atoms with Crippen molar-refractivity contribution in [2.75, 3.05) is 19.6 Å². The third-order valence-corrected chi connectivity index (χ3v) is 5.17. The Bertz CT molecular complexity index is 412. The first kappa shape index (κ1) is 15.2. The van der Waals surface area contributed by atoms with Crippen LogP contribution < -0.4 is 0 Å². The smallest absolute Gasteiger partial charge is 0.164 e. The molecule has 1 aromatic rings. The van der Waals surface area contributed by atoms with Crippen LogP contribution in [0.3, 0.4) is 0 Å². The number of carbonyl (C=O) groups is 1. The lowest BCUT2D eigenvalue weighted by atomic mass is 9.74. The van der Waals surface area contributed by atoms with Gasteiger partial charge in [0.15, 0.2) is 5.78 Å². The Hall–Kier alpha value is -1.15. The van der Waals surface area contributed by atoms with Crippen molar-refractivity contribution >= 4 is 5.78 Å². The molecule has 1 aliphatic rings. The monoisotopic (exact) mass is 273 g/mol. The van der Waals surface area contributed by atoms with Crippen LogP contribution in [0.5, 0.6) is 0 Å². The molecule has 1 heterocycles. The molecule has 20 heavy (non-hydrogen) atoms. The van der Waals surface area contributed by atoms with Gasteiger partial charge in [0.1, 0.15) is 0 Å². The van der Waals surface area contributed by atoms with Crippen molar-refractivity contribution in [1.29, 1.82) is 0 Å². The highest BCUT2D eigenvalue weighted by Gasteiger charge is 2.30.